The Morgan fingerprint density at radius 1 is 1.18 bits per heavy atom. The molecule has 0 aliphatic carbocycles. The number of anilines is 1. The average molecular weight is 561 g/mol. The molecule has 1 aromatic heterocycles. The Labute approximate surface area is 208 Å². The Kier molecular flexibility index (Phi) is 8.58. The highest BCUT2D eigenvalue weighted by Gasteiger charge is 2.24. The molecule has 1 aliphatic rings. The highest BCUT2D eigenvalue weighted by atomic mass is 127. The maximum atomic E-state index is 13.3. The van der Waals surface area contributed by atoms with E-state index in [9.17, 15) is 9.18 Å². The molecule has 3 N–H and O–H groups in total. The minimum atomic E-state index is -0.362. The minimum absolute atomic E-state index is 0. The standard InChI is InChI=1S/C24H24FN5O2.HI/c1-26-24(29-15-17-11-22(31)30-21-8-3-2-7-20(17)21)28-14-16-9-10-23(27-13-16)32-19-6-4-5-18(25)12-19;/h2-10,12-13,17H,11,14-15H2,1H3,(H,30,31)(H2,26,28,29);1H. The van der Waals surface area contributed by atoms with Gasteiger partial charge in [-0.15, -0.1) is 24.0 Å². The molecule has 4 rings (SSSR count). The van der Waals surface area contributed by atoms with Crippen LogP contribution in [0, 0.1) is 5.82 Å². The third-order valence-electron chi connectivity index (χ3n) is 5.12. The number of halogens is 2. The number of aliphatic imine (C=N–C) groups is 1. The third kappa shape index (κ3) is 6.64. The van der Waals surface area contributed by atoms with Gasteiger partial charge in [0.25, 0.3) is 0 Å². The second-order valence-corrected chi connectivity index (χ2v) is 7.41. The molecule has 1 atom stereocenters. The molecule has 0 spiro atoms. The molecule has 33 heavy (non-hydrogen) atoms. The number of fused-ring (bicyclic) bond motifs is 1. The molecule has 1 amide bonds. The van der Waals surface area contributed by atoms with Crippen molar-refractivity contribution in [2.24, 2.45) is 4.99 Å². The lowest BCUT2D eigenvalue weighted by molar-refractivity contribution is -0.116. The number of nitrogens with one attached hydrogen (secondary N) is 3. The number of carbonyl (C=O) groups is 1. The third-order valence-corrected chi connectivity index (χ3v) is 5.12. The van der Waals surface area contributed by atoms with E-state index in [-0.39, 0.29) is 41.6 Å². The van der Waals surface area contributed by atoms with Crippen molar-refractivity contribution >= 4 is 41.5 Å². The number of rotatable bonds is 6. The first-order valence-corrected chi connectivity index (χ1v) is 10.3. The number of amides is 1. The van der Waals surface area contributed by atoms with E-state index in [0.29, 0.717) is 37.1 Å². The predicted molar refractivity (Wildman–Crippen MR) is 137 cm³/mol. The van der Waals surface area contributed by atoms with Crippen molar-refractivity contribution in [3.05, 3.63) is 83.8 Å². The summed E-state index contributed by atoms with van der Waals surface area (Å²) < 4.78 is 18.8. The maximum Gasteiger partial charge on any atom is 0.225 e. The van der Waals surface area contributed by atoms with E-state index in [1.165, 1.54) is 12.1 Å². The Hall–Kier alpha value is -3.21. The molecule has 1 unspecified atom stereocenters. The molecule has 0 fully saturated rings. The number of carbonyl (C=O) groups excluding carboxylic acids is 1. The summed E-state index contributed by atoms with van der Waals surface area (Å²) in [5.74, 6) is 1.14. The Morgan fingerprint density at radius 3 is 2.79 bits per heavy atom. The van der Waals surface area contributed by atoms with Crippen LogP contribution < -0.4 is 20.7 Å². The fourth-order valence-electron chi connectivity index (χ4n) is 3.54. The normalized spacial score (nSPS) is 15.0. The van der Waals surface area contributed by atoms with E-state index >= 15 is 0 Å². The summed E-state index contributed by atoms with van der Waals surface area (Å²) in [6.45, 7) is 1.09. The van der Waals surface area contributed by atoms with Gasteiger partial charge in [0, 0.05) is 56.5 Å². The van der Waals surface area contributed by atoms with Crippen LogP contribution in [0.1, 0.15) is 23.5 Å². The van der Waals surface area contributed by atoms with Crippen LogP contribution in [0.4, 0.5) is 10.1 Å². The lowest BCUT2D eigenvalue weighted by atomic mass is 9.90. The van der Waals surface area contributed by atoms with Gasteiger partial charge in [-0.25, -0.2) is 9.37 Å². The summed E-state index contributed by atoms with van der Waals surface area (Å²) in [6, 6.07) is 17.4. The molecular formula is C24H25FIN5O2. The zero-order valence-electron chi connectivity index (χ0n) is 18.0. The molecule has 0 saturated carbocycles. The van der Waals surface area contributed by atoms with Crippen molar-refractivity contribution in [3.8, 4) is 11.6 Å². The van der Waals surface area contributed by atoms with Crippen molar-refractivity contribution in [2.75, 3.05) is 18.9 Å². The first kappa shape index (κ1) is 24.4. The predicted octanol–water partition coefficient (Wildman–Crippen LogP) is 4.42. The SMILES string of the molecule is CN=C(NCc1ccc(Oc2cccc(F)c2)nc1)NCC1CC(=O)Nc2ccccc21.I. The zero-order chi connectivity index (χ0) is 22.3. The molecular weight excluding hydrogens is 536 g/mol. The number of hydrogen-bond donors (Lipinski definition) is 3. The summed E-state index contributed by atoms with van der Waals surface area (Å²) in [6.07, 6.45) is 2.12. The van der Waals surface area contributed by atoms with Gasteiger partial charge in [0.15, 0.2) is 5.96 Å². The molecule has 3 aromatic rings. The number of ether oxygens (including phenoxy) is 1. The summed E-state index contributed by atoms with van der Waals surface area (Å²) in [7, 11) is 1.70. The van der Waals surface area contributed by atoms with Gasteiger partial charge in [0.1, 0.15) is 11.6 Å². The monoisotopic (exact) mass is 561 g/mol. The molecule has 0 radical (unpaired) electrons. The van der Waals surface area contributed by atoms with Gasteiger partial charge in [-0.2, -0.15) is 0 Å². The number of para-hydroxylation sites is 1. The van der Waals surface area contributed by atoms with Crippen LogP contribution in [0.5, 0.6) is 11.6 Å². The quantitative estimate of drug-likeness (QED) is 0.236. The van der Waals surface area contributed by atoms with Gasteiger partial charge < -0.3 is 20.7 Å². The maximum absolute atomic E-state index is 13.3. The molecule has 172 valence electrons. The van der Waals surface area contributed by atoms with Gasteiger partial charge in [-0.1, -0.05) is 30.3 Å². The van der Waals surface area contributed by atoms with Crippen LogP contribution in [-0.4, -0.2) is 30.4 Å². The van der Waals surface area contributed by atoms with Gasteiger partial charge in [0.2, 0.25) is 11.8 Å². The lowest BCUT2D eigenvalue weighted by Crippen LogP contribution is -2.40. The minimum Gasteiger partial charge on any atom is -0.439 e. The zero-order valence-corrected chi connectivity index (χ0v) is 20.4. The van der Waals surface area contributed by atoms with Gasteiger partial charge in [-0.05, 0) is 29.3 Å². The van der Waals surface area contributed by atoms with Gasteiger partial charge in [-0.3, -0.25) is 9.79 Å². The first-order valence-electron chi connectivity index (χ1n) is 10.3. The Balaban J connectivity index is 0.00000306. The van der Waals surface area contributed by atoms with E-state index in [2.05, 4.69) is 25.9 Å². The smallest absolute Gasteiger partial charge is 0.225 e. The molecule has 0 bridgehead atoms. The second kappa shape index (κ2) is 11.6. The molecule has 0 saturated heterocycles. The van der Waals surface area contributed by atoms with E-state index < -0.39 is 0 Å². The Bertz CT molecular complexity index is 1120. The number of guanidine groups is 1. The van der Waals surface area contributed by atoms with Crippen LogP contribution in [0.2, 0.25) is 0 Å². The van der Waals surface area contributed by atoms with Crippen molar-refractivity contribution in [2.45, 2.75) is 18.9 Å². The summed E-state index contributed by atoms with van der Waals surface area (Å²) in [5.41, 5.74) is 2.92. The number of pyridine rings is 1. The van der Waals surface area contributed by atoms with Crippen molar-refractivity contribution in [1.82, 2.24) is 15.6 Å². The molecule has 7 nitrogen and oxygen atoms in total. The second-order valence-electron chi connectivity index (χ2n) is 7.41. The van der Waals surface area contributed by atoms with Crippen LogP contribution >= 0.6 is 24.0 Å². The number of aromatic nitrogens is 1. The van der Waals surface area contributed by atoms with Crippen molar-refractivity contribution in [1.29, 1.82) is 0 Å². The first-order chi connectivity index (χ1) is 15.6. The average Bonchev–Trinajstić information content (AvgIpc) is 2.80. The van der Waals surface area contributed by atoms with E-state index in [1.54, 1.807) is 31.4 Å². The highest BCUT2D eigenvalue weighted by Crippen LogP contribution is 2.31. The molecule has 2 aromatic carbocycles. The summed E-state index contributed by atoms with van der Waals surface area (Å²) >= 11 is 0. The fraction of sp³-hybridized carbons (Fsp3) is 0.208. The fourth-order valence-corrected chi connectivity index (χ4v) is 3.54. The van der Waals surface area contributed by atoms with Crippen LogP contribution in [0.15, 0.2) is 71.9 Å². The van der Waals surface area contributed by atoms with Gasteiger partial charge in [0.05, 0.1) is 0 Å². The van der Waals surface area contributed by atoms with Crippen molar-refractivity contribution in [3.63, 3.8) is 0 Å². The number of hydrogen-bond acceptors (Lipinski definition) is 4. The van der Waals surface area contributed by atoms with Crippen molar-refractivity contribution < 1.29 is 13.9 Å². The highest BCUT2D eigenvalue weighted by molar-refractivity contribution is 14.0. The van der Waals surface area contributed by atoms with E-state index in [4.69, 9.17) is 4.74 Å². The van der Waals surface area contributed by atoms with Crippen LogP contribution in [-0.2, 0) is 11.3 Å². The topological polar surface area (TPSA) is 87.6 Å². The lowest BCUT2D eigenvalue weighted by Gasteiger charge is -2.26. The largest absolute Gasteiger partial charge is 0.439 e. The van der Waals surface area contributed by atoms with Crippen LogP contribution in [0.25, 0.3) is 0 Å². The van der Waals surface area contributed by atoms with Gasteiger partial charge >= 0.3 is 0 Å². The molecule has 9 heteroatoms. The molecule has 1 aliphatic heterocycles. The van der Waals surface area contributed by atoms with E-state index in [1.807, 2.05) is 30.3 Å². The summed E-state index contributed by atoms with van der Waals surface area (Å²) in [4.78, 5) is 20.5. The van der Waals surface area contributed by atoms with E-state index in [0.717, 1.165) is 16.8 Å². The number of benzene rings is 2. The summed E-state index contributed by atoms with van der Waals surface area (Å²) in [5, 5.41) is 9.46. The molecule has 2 heterocycles. The van der Waals surface area contributed by atoms with Crippen LogP contribution in [0.3, 0.4) is 0 Å². The number of nitrogens with zero attached hydrogens (tertiary/aromatic N) is 2. The Morgan fingerprint density at radius 2 is 2.03 bits per heavy atom.